The third-order valence-electron chi connectivity index (χ3n) is 6.40. The van der Waals surface area contributed by atoms with E-state index in [9.17, 15) is 22.5 Å². The van der Waals surface area contributed by atoms with Gasteiger partial charge < -0.3 is 19.1 Å². The first-order chi connectivity index (χ1) is 18.0. The number of nitrogens with zero attached hydrogens (tertiary/aromatic N) is 2. The molecule has 1 aliphatic heterocycles. The minimum absolute atomic E-state index is 0.0359. The van der Waals surface area contributed by atoms with Crippen molar-refractivity contribution in [2.45, 2.75) is 29.4 Å². The minimum atomic E-state index is -4.85. The zero-order chi connectivity index (χ0) is 27.2. The zero-order valence-electron chi connectivity index (χ0n) is 19.8. The Labute approximate surface area is 226 Å². The largest absolute Gasteiger partial charge is 0.573 e. The average Bonchev–Trinajstić information content (AvgIpc) is 3.17. The first kappa shape index (κ1) is 27.0. The highest BCUT2D eigenvalue weighted by Gasteiger charge is 2.37. The quantitative estimate of drug-likeness (QED) is 0.301. The molecule has 1 saturated heterocycles. The summed E-state index contributed by atoms with van der Waals surface area (Å²) < 4.78 is 69.8. The molecule has 202 valence electrons. The molecule has 4 atom stereocenters. The normalized spacial score (nSPS) is 21.9. The number of aliphatic hydroxyl groups is 1. The number of alkyl halides is 3. The molecule has 2 N–H and O–H groups in total. The summed E-state index contributed by atoms with van der Waals surface area (Å²) in [5.41, 5.74) is 1.61. The van der Waals surface area contributed by atoms with Crippen molar-refractivity contribution in [2.75, 3.05) is 20.3 Å². The van der Waals surface area contributed by atoms with E-state index in [1.54, 1.807) is 12.1 Å². The van der Waals surface area contributed by atoms with Crippen LogP contribution < -0.4 is 9.46 Å². The van der Waals surface area contributed by atoms with Gasteiger partial charge in [0.2, 0.25) is 0 Å². The highest BCUT2D eigenvalue weighted by molar-refractivity contribution is 7.91. The minimum Gasteiger partial charge on any atom is -0.406 e. The molecule has 0 saturated carbocycles. The fourth-order valence-corrected chi connectivity index (χ4v) is 6.64. The molecule has 4 aromatic rings. The van der Waals surface area contributed by atoms with E-state index in [-0.39, 0.29) is 18.1 Å². The summed E-state index contributed by atoms with van der Waals surface area (Å²) in [4.78, 5) is 0.130. The van der Waals surface area contributed by atoms with Crippen LogP contribution in [0.1, 0.15) is 6.04 Å². The number of halogens is 5. The number of nitrogens with one attached hydrogen (secondary N) is 1. The van der Waals surface area contributed by atoms with E-state index in [0.717, 1.165) is 33.9 Å². The van der Waals surface area contributed by atoms with E-state index < -0.39 is 40.2 Å². The van der Waals surface area contributed by atoms with Crippen LogP contribution in [-0.4, -0.2) is 52.7 Å². The van der Waals surface area contributed by atoms with Crippen LogP contribution in [0.4, 0.5) is 13.2 Å². The van der Waals surface area contributed by atoms with Gasteiger partial charge in [-0.1, -0.05) is 23.2 Å². The molecule has 0 amide bonds. The maximum atomic E-state index is 13.7. The number of fused-ring (bicyclic) bond motifs is 3. The number of benzene rings is 3. The number of aliphatic hydroxyl groups excluding tert-OH is 1. The molecule has 0 radical (unpaired) electrons. The summed E-state index contributed by atoms with van der Waals surface area (Å²) in [6, 6.07) is 14.0. The van der Waals surface area contributed by atoms with Gasteiger partial charge in [-0.3, -0.25) is 0 Å². The second kappa shape index (κ2) is 10.2. The molecule has 0 spiro atoms. The summed E-state index contributed by atoms with van der Waals surface area (Å²) in [6.45, 7) is 0.214. The predicted molar refractivity (Wildman–Crippen MR) is 140 cm³/mol. The number of rotatable bonds is 5. The van der Waals surface area contributed by atoms with Crippen molar-refractivity contribution in [2.24, 2.45) is 4.36 Å². The molecule has 4 unspecified atom stereocenters. The Morgan fingerprint density at radius 3 is 2.13 bits per heavy atom. The fourth-order valence-electron chi connectivity index (χ4n) is 4.72. The summed E-state index contributed by atoms with van der Waals surface area (Å²) in [6.07, 6.45) is -5.91. The fraction of sp³-hybridized carbons (Fsp3) is 0.280. The van der Waals surface area contributed by atoms with Crippen molar-refractivity contribution >= 4 is 54.9 Å². The summed E-state index contributed by atoms with van der Waals surface area (Å²) in [5.74, 6) is -0.452. The van der Waals surface area contributed by atoms with Crippen LogP contribution >= 0.6 is 23.2 Å². The highest BCUT2D eigenvalue weighted by Crippen LogP contribution is 2.37. The van der Waals surface area contributed by atoms with Crippen molar-refractivity contribution in [3.63, 3.8) is 0 Å². The van der Waals surface area contributed by atoms with Crippen molar-refractivity contribution in [3.05, 3.63) is 70.7 Å². The molecule has 0 bridgehead atoms. The van der Waals surface area contributed by atoms with Crippen LogP contribution in [0, 0.1) is 0 Å². The van der Waals surface area contributed by atoms with E-state index in [1.807, 2.05) is 28.8 Å². The van der Waals surface area contributed by atoms with Gasteiger partial charge in [0.25, 0.3) is 0 Å². The molecule has 7 nitrogen and oxygen atoms in total. The van der Waals surface area contributed by atoms with Crippen molar-refractivity contribution in [1.29, 1.82) is 0 Å². The monoisotopic (exact) mass is 587 g/mol. The molecule has 38 heavy (non-hydrogen) atoms. The lowest BCUT2D eigenvalue weighted by Gasteiger charge is -2.37. The van der Waals surface area contributed by atoms with Crippen LogP contribution in [0.25, 0.3) is 21.8 Å². The first-order valence-corrected chi connectivity index (χ1v) is 13.7. The lowest BCUT2D eigenvalue weighted by molar-refractivity contribution is -0.274. The van der Waals surface area contributed by atoms with Gasteiger partial charge >= 0.3 is 6.36 Å². The summed E-state index contributed by atoms with van der Waals surface area (Å²) >= 11 is 12.5. The Balaban J connectivity index is 1.48. The first-order valence-electron chi connectivity index (χ1n) is 11.4. The van der Waals surface area contributed by atoms with Gasteiger partial charge in [0.05, 0.1) is 36.3 Å². The van der Waals surface area contributed by atoms with Crippen LogP contribution in [0.3, 0.4) is 0 Å². The molecule has 2 heterocycles. The van der Waals surface area contributed by atoms with Gasteiger partial charge in [-0.2, -0.15) is 0 Å². The average molecular weight is 588 g/mol. The standard InChI is InChI=1S/C25H22Cl2F3N3O4S/c1-31-38(35,17-6-4-16(5-7-17)37-25(28,29)30)32-20-12-36-13-23(24(20)34)33-21-8-2-14(26)10-18(21)19-11-15(27)3-9-22(19)33/h2-11,20,23-24,34H,12-13H2,1H3,(H,31,32,35). The van der Waals surface area contributed by atoms with Gasteiger partial charge in [-0.25, -0.2) is 13.3 Å². The molecule has 13 heteroatoms. The van der Waals surface area contributed by atoms with Crippen LogP contribution in [0.15, 0.2) is 69.9 Å². The van der Waals surface area contributed by atoms with E-state index in [0.29, 0.717) is 10.0 Å². The molecule has 5 rings (SSSR count). The van der Waals surface area contributed by atoms with Crippen LogP contribution in [-0.2, 0) is 14.7 Å². The van der Waals surface area contributed by atoms with E-state index in [2.05, 4.69) is 13.8 Å². The summed E-state index contributed by atoms with van der Waals surface area (Å²) in [5, 5.41) is 14.3. The molecular weight excluding hydrogens is 566 g/mol. The predicted octanol–water partition coefficient (Wildman–Crippen LogP) is 5.96. The van der Waals surface area contributed by atoms with Gasteiger partial charge in [0.1, 0.15) is 15.7 Å². The number of aromatic nitrogens is 1. The maximum absolute atomic E-state index is 13.7. The highest BCUT2D eigenvalue weighted by atomic mass is 35.5. The van der Waals surface area contributed by atoms with Crippen molar-refractivity contribution < 1.29 is 32.0 Å². The molecule has 1 aromatic heterocycles. The lowest BCUT2D eigenvalue weighted by atomic mass is 10.0. The Bertz CT molecular complexity index is 1560. The number of ether oxygens (including phenoxy) is 2. The van der Waals surface area contributed by atoms with Gasteiger partial charge in [0, 0.05) is 38.9 Å². The van der Waals surface area contributed by atoms with Crippen LogP contribution in [0.5, 0.6) is 5.75 Å². The topological polar surface area (TPSA) is 85.1 Å². The Kier molecular flexibility index (Phi) is 7.27. The smallest absolute Gasteiger partial charge is 0.406 e. The Morgan fingerprint density at radius 2 is 1.61 bits per heavy atom. The van der Waals surface area contributed by atoms with Crippen LogP contribution in [0.2, 0.25) is 10.0 Å². The van der Waals surface area contributed by atoms with Crippen molar-refractivity contribution in [3.8, 4) is 5.75 Å². The van der Waals surface area contributed by atoms with Gasteiger partial charge in [0.15, 0.2) is 0 Å². The second-order valence-electron chi connectivity index (χ2n) is 8.74. The molecule has 1 fully saturated rings. The zero-order valence-corrected chi connectivity index (χ0v) is 22.1. The third kappa shape index (κ3) is 5.18. The SMILES string of the molecule is CN=S(=O)(NC1COCC(n2c3ccc(Cl)cc3c3cc(Cl)ccc32)C1O)c1ccc(OC(F)(F)F)cc1. The van der Waals surface area contributed by atoms with Crippen molar-refractivity contribution in [1.82, 2.24) is 9.29 Å². The lowest BCUT2D eigenvalue weighted by Crippen LogP contribution is -2.53. The Morgan fingerprint density at radius 1 is 1.03 bits per heavy atom. The third-order valence-corrected chi connectivity index (χ3v) is 8.91. The molecular formula is C25H22Cl2F3N3O4S. The van der Waals surface area contributed by atoms with Gasteiger partial charge in [-0.15, -0.1) is 13.2 Å². The summed E-state index contributed by atoms with van der Waals surface area (Å²) in [7, 11) is -2.01. The van der Waals surface area contributed by atoms with E-state index in [1.165, 1.54) is 19.2 Å². The molecule has 3 aromatic carbocycles. The maximum Gasteiger partial charge on any atom is 0.573 e. The van der Waals surface area contributed by atoms with E-state index >= 15 is 0 Å². The molecule has 0 aliphatic carbocycles. The van der Waals surface area contributed by atoms with E-state index in [4.69, 9.17) is 27.9 Å². The Hall–Kier alpha value is -2.54. The number of hydrogen-bond acceptors (Lipinski definition) is 5. The second-order valence-corrected chi connectivity index (χ2v) is 11.7. The molecule has 1 aliphatic rings. The van der Waals surface area contributed by atoms with Gasteiger partial charge in [-0.05, 0) is 60.7 Å². The number of hydrogen-bond donors (Lipinski definition) is 2.